The maximum absolute atomic E-state index is 10.8. The molecule has 1 aromatic carbocycles. The van der Waals surface area contributed by atoms with Gasteiger partial charge >= 0.3 is 0 Å². The lowest BCUT2D eigenvalue weighted by atomic mass is 10.1. The Morgan fingerprint density at radius 2 is 2.36 bits per heavy atom. The van der Waals surface area contributed by atoms with Crippen LogP contribution in [0.4, 0.5) is 0 Å². The van der Waals surface area contributed by atoms with Gasteiger partial charge in [0, 0.05) is 18.2 Å². The molecule has 1 aliphatic heterocycles. The van der Waals surface area contributed by atoms with E-state index in [1.165, 1.54) is 0 Å². The van der Waals surface area contributed by atoms with Gasteiger partial charge in [-0.3, -0.25) is 4.79 Å². The molecule has 0 bridgehead atoms. The molecule has 0 N–H and O–H groups in total. The van der Waals surface area contributed by atoms with Gasteiger partial charge < -0.3 is 14.2 Å². The third-order valence-electron chi connectivity index (χ3n) is 2.09. The Morgan fingerprint density at radius 1 is 1.50 bits per heavy atom. The van der Waals surface area contributed by atoms with Gasteiger partial charge in [-0.05, 0) is 12.1 Å². The molecule has 0 saturated carbocycles. The van der Waals surface area contributed by atoms with Crippen LogP contribution in [0.2, 0.25) is 0 Å². The minimum absolute atomic E-state index is 0.203. The fraction of sp³-hybridized carbons (Fsp3) is 0.300. The second kappa shape index (κ2) is 3.67. The average molecular weight is 194 g/mol. The average Bonchev–Trinajstić information content (AvgIpc) is 2.67. The molecule has 14 heavy (non-hydrogen) atoms. The number of benzene rings is 1. The number of methoxy groups -OCH3 is 1. The van der Waals surface area contributed by atoms with Crippen molar-refractivity contribution < 1.29 is 19.0 Å². The molecule has 0 radical (unpaired) electrons. The number of aldehydes is 1. The molecule has 74 valence electrons. The molecule has 4 heteroatoms. The van der Waals surface area contributed by atoms with Crippen molar-refractivity contribution in [2.75, 3.05) is 13.9 Å². The molecule has 0 spiro atoms. The highest BCUT2D eigenvalue weighted by atomic mass is 16.7. The zero-order valence-corrected chi connectivity index (χ0v) is 7.78. The van der Waals surface area contributed by atoms with E-state index in [9.17, 15) is 4.79 Å². The van der Waals surface area contributed by atoms with Crippen LogP contribution in [-0.4, -0.2) is 20.2 Å². The number of carbonyl (C=O) groups is 1. The number of hydrogen-bond acceptors (Lipinski definition) is 4. The Balaban J connectivity index is 2.50. The molecule has 1 heterocycles. The maximum atomic E-state index is 10.8. The predicted octanol–water partition coefficient (Wildman–Crippen LogP) is 1.37. The summed E-state index contributed by atoms with van der Waals surface area (Å²) in [5.41, 5.74) is 1.33. The number of rotatable bonds is 3. The highest BCUT2D eigenvalue weighted by Gasteiger charge is 2.20. The minimum atomic E-state index is 0.203. The predicted molar refractivity (Wildman–Crippen MR) is 48.7 cm³/mol. The standard InChI is InChI=1S/C10H10O4/c1-12-5-8-7(4-11)2-3-9-10(8)14-6-13-9/h2-4H,5-6H2,1H3. The second-order valence-corrected chi connectivity index (χ2v) is 2.92. The first-order valence-electron chi connectivity index (χ1n) is 4.22. The monoisotopic (exact) mass is 194 g/mol. The van der Waals surface area contributed by atoms with Crippen molar-refractivity contribution in [3.8, 4) is 11.5 Å². The fourth-order valence-corrected chi connectivity index (χ4v) is 1.45. The summed E-state index contributed by atoms with van der Waals surface area (Å²) in [5.74, 6) is 1.29. The van der Waals surface area contributed by atoms with Gasteiger partial charge in [0.15, 0.2) is 17.8 Å². The van der Waals surface area contributed by atoms with Crippen molar-refractivity contribution in [2.45, 2.75) is 6.61 Å². The van der Waals surface area contributed by atoms with E-state index in [4.69, 9.17) is 14.2 Å². The Morgan fingerprint density at radius 3 is 3.07 bits per heavy atom. The molecule has 2 rings (SSSR count). The summed E-state index contributed by atoms with van der Waals surface area (Å²) in [6.45, 7) is 0.551. The number of carbonyl (C=O) groups excluding carboxylic acids is 1. The van der Waals surface area contributed by atoms with Crippen molar-refractivity contribution in [3.05, 3.63) is 23.3 Å². The third-order valence-corrected chi connectivity index (χ3v) is 2.09. The van der Waals surface area contributed by atoms with Crippen molar-refractivity contribution in [2.24, 2.45) is 0 Å². The molecular formula is C10H10O4. The van der Waals surface area contributed by atoms with Crippen LogP contribution in [0.3, 0.4) is 0 Å². The highest BCUT2D eigenvalue weighted by Crippen LogP contribution is 2.37. The summed E-state index contributed by atoms with van der Waals surface area (Å²) in [6.07, 6.45) is 0.788. The van der Waals surface area contributed by atoms with E-state index in [-0.39, 0.29) is 6.79 Å². The third kappa shape index (κ3) is 1.33. The first kappa shape index (κ1) is 9.02. The van der Waals surface area contributed by atoms with Crippen LogP contribution in [0.15, 0.2) is 12.1 Å². The van der Waals surface area contributed by atoms with E-state index in [1.807, 2.05) is 0 Å². The van der Waals surface area contributed by atoms with E-state index in [1.54, 1.807) is 19.2 Å². The van der Waals surface area contributed by atoms with Gasteiger partial charge in [0.2, 0.25) is 6.79 Å². The Bertz CT molecular complexity index is 359. The summed E-state index contributed by atoms with van der Waals surface area (Å²) in [7, 11) is 1.57. The second-order valence-electron chi connectivity index (χ2n) is 2.92. The van der Waals surface area contributed by atoms with E-state index >= 15 is 0 Å². The van der Waals surface area contributed by atoms with Gasteiger partial charge in [-0.25, -0.2) is 0 Å². The highest BCUT2D eigenvalue weighted by molar-refractivity contribution is 5.80. The smallest absolute Gasteiger partial charge is 0.231 e. The van der Waals surface area contributed by atoms with Gasteiger partial charge in [-0.15, -0.1) is 0 Å². The number of fused-ring (bicyclic) bond motifs is 1. The summed E-state index contributed by atoms with van der Waals surface area (Å²) in [6, 6.07) is 3.43. The summed E-state index contributed by atoms with van der Waals surface area (Å²) in [5, 5.41) is 0. The van der Waals surface area contributed by atoms with Crippen molar-refractivity contribution in [1.82, 2.24) is 0 Å². The van der Waals surface area contributed by atoms with Crippen LogP contribution in [0.5, 0.6) is 11.5 Å². The van der Waals surface area contributed by atoms with Gasteiger partial charge in [0.1, 0.15) is 0 Å². The first-order chi connectivity index (χ1) is 6.86. The van der Waals surface area contributed by atoms with Crippen molar-refractivity contribution in [1.29, 1.82) is 0 Å². The van der Waals surface area contributed by atoms with Crippen LogP contribution < -0.4 is 9.47 Å². The molecule has 0 fully saturated rings. The minimum Gasteiger partial charge on any atom is -0.454 e. The fourth-order valence-electron chi connectivity index (χ4n) is 1.45. The molecule has 0 atom stereocenters. The van der Waals surface area contributed by atoms with Gasteiger partial charge in [0.05, 0.1) is 6.61 Å². The first-order valence-corrected chi connectivity index (χ1v) is 4.22. The number of ether oxygens (including phenoxy) is 3. The van der Waals surface area contributed by atoms with E-state index in [0.717, 1.165) is 11.8 Å². The van der Waals surface area contributed by atoms with Crippen molar-refractivity contribution >= 4 is 6.29 Å². The number of hydrogen-bond donors (Lipinski definition) is 0. The Labute approximate surface area is 81.4 Å². The molecule has 0 aromatic heterocycles. The summed E-state index contributed by atoms with van der Waals surface area (Å²) >= 11 is 0. The Kier molecular flexibility index (Phi) is 2.37. The molecule has 1 aliphatic rings. The van der Waals surface area contributed by atoms with Crippen LogP contribution in [0.25, 0.3) is 0 Å². The SMILES string of the molecule is COCc1c(C=O)ccc2c1OCO2. The maximum Gasteiger partial charge on any atom is 0.231 e. The zero-order valence-electron chi connectivity index (χ0n) is 7.78. The quantitative estimate of drug-likeness (QED) is 0.682. The molecule has 1 aromatic rings. The Hall–Kier alpha value is -1.55. The van der Waals surface area contributed by atoms with E-state index in [2.05, 4.69) is 0 Å². The van der Waals surface area contributed by atoms with E-state index in [0.29, 0.717) is 23.7 Å². The largest absolute Gasteiger partial charge is 0.454 e. The molecule has 0 unspecified atom stereocenters. The lowest BCUT2D eigenvalue weighted by Gasteiger charge is -2.06. The molecule has 0 saturated heterocycles. The zero-order chi connectivity index (χ0) is 9.97. The lowest BCUT2D eigenvalue weighted by molar-refractivity contribution is 0.111. The molecule has 4 nitrogen and oxygen atoms in total. The lowest BCUT2D eigenvalue weighted by Crippen LogP contribution is -1.98. The van der Waals surface area contributed by atoms with Gasteiger partial charge in [0.25, 0.3) is 0 Å². The van der Waals surface area contributed by atoms with Crippen LogP contribution in [0, 0.1) is 0 Å². The van der Waals surface area contributed by atoms with Crippen molar-refractivity contribution in [3.63, 3.8) is 0 Å². The van der Waals surface area contributed by atoms with Crippen LogP contribution in [-0.2, 0) is 11.3 Å². The molecular weight excluding hydrogens is 184 g/mol. The van der Waals surface area contributed by atoms with Crippen LogP contribution >= 0.6 is 0 Å². The topological polar surface area (TPSA) is 44.8 Å². The van der Waals surface area contributed by atoms with E-state index < -0.39 is 0 Å². The van der Waals surface area contributed by atoms with Gasteiger partial charge in [-0.2, -0.15) is 0 Å². The summed E-state index contributed by atoms with van der Waals surface area (Å²) < 4.78 is 15.5. The summed E-state index contributed by atoms with van der Waals surface area (Å²) in [4.78, 5) is 10.8. The van der Waals surface area contributed by atoms with Gasteiger partial charge in [-0.1, -0.05) is 0 Å². The normalized spacial score (nSPS) is 12.9. The molecule has 0 amide bonds. The van der Waals surface area contributed by atoms with Crippen LogP contribution in [0.1, 0.15) is 15.9 Å². The molecule has 0 aliphatic carbocycles.